The molecule has 16 heteroatoms. The van der Waals surface area contributed by atoms with Gasteiger partial charge in [0.05, 0.1) is 28.6 Å². The van der Waals surface area contributed by atoms with Crippen molar-refractivity contribution in [2.75, 3.05) is 70.9 Å². The molecule has 2 fully saturated rings. The van der Waals surface area contributed by atoms with Crippen molar-refractivity contribution in [2.45, 2.75) is 17.9 Å². The molecule has 2 aliphatic rings. The third-order valence-corrected chi connectivity index (χ3v) is 13.3. The summed E-state index contributed by atoms with van der Waals surface area (Å²) in [7, 11) is -4.74. The Bertz CT molecular complexity index is 2660. The first kappa shape index (κ1) is 44.4. The second kappa shape index (κ2) is 20.5. The van der Waals surface area contributed by atoms with E-state index >= 15 is 0 Å². The largest absolute Gasteiger partial charge is 0.457 e. The lowest BCUT2D eigenvalue weighted by atomic mass is 9.99. The Morgan fingerprint density at radius 3 is 2.20 bits per heavy atom. The van der Waals surface area contributed by atoms with Gasteiger partial charge in [-0.2, -0.15) is 12.8 Å². The van der Waals surface area contributed by atoms with Crippen LogP contribution < -0.4 is 10.1 Å². The molecular weight excluding hydrogens is 854 g/mol. The number of benzene rings is 5. The van der Waals surface area contributed by atoms with Crippen LogP contribution in [0.25, 0.3) is 22.3 Å². The van der Waals surface area contributed by atoms with Gasteiger partial charge >= 0.3 is 0 Å². The van der Waals surface area contributed by atoms with Crippen LogP contribution >= 0.6 is 11.6 Å². The number of amides is 1. The lowest BCUT2D eigenvalue weighted by Crippen LogP contribution is -2.57. The first-order valence-corrected chi connectivity index (χ1v) is 23.0. The highest BCUT2D eigenvalue weighted by Gasteiger charge is 2.39. The highest BCUT2D eigenvalue weighted by molar-refractivity contribution is 7.89. The van der Waals surface area contributed by atoms with E-state index in [9.17, 15) is 23.3 Å². The minimum Gasteiger partial charge on any atom is -0.457 e. The second-order valence-corrected chi connectivity index (χ2v) is 17.7. The summed E-state index contributed by atoms with van der Waals surface area (Å²) in [5.74, 6) is -0.286. The van der Waals surface area contributed by atoms with Gasteiger partial charge in [-0.3, -0.25) is 29.7 Å². The lowest BCUT2D eigenvalue weighted by Gasteiger charge is -2.40. The quantitative estimate of drug-likeness (QED) is 0.0564. The lowest BCUT2D eigenvalue weighted by molar-refractivity contribution is -0.384. The number of aromatic nitrogens is 1. The summed E-state index contributed by atoms with van der Waals surface area (Å²) in [5.41, 5.74) is 4.84. The number of nitrogens with zero attached hydrogens (tertiary/aromatic N) is 6. The van der Waals surface area contributed by atoms with Gasteiger partial charge in [-0.05, 0) is 101 Å². The number of carbonyl (C=O) groups excluding carboxylic acids is 1. The number of hydrogen-bond acceptors (Lipinski definition) is 12. The minimum atomic E-state index is -4.74. The van der Waals surface area contributed by atoms with Crippen LogP contribution in [-0.2, 0) is 21.3 Å². The van der Waals surface area contributed by atoms with Crippen LogP contribution in [0.3, 0.4) is 0 Å². The van der Waals surface area contributed by atoms with E-state index in [2.05, 4.69) is 32.2 Å². The fourth-order valence-electron chi connectivity index (χ4n) is 7.92. The van der Waals surface area contributed by atoms with Crippen LogP contribution in [0, 0.1) is 10.1 Å². The molecule has 1 amide bonds. The SMILES string of the molecule is O=C(c1ccccc1Oc1ccc(-c2ccncc2)cc1)N(N1CCN(Cc2ccccc2-c2ccc(Cl)cc2)CC1)S(=O)(=O)c1ccc(NCCCN2CCOCC2)c([N+](=O)[O-])c1. The summed E-state index contributed by atoms with van der Waals surface area (Å²) in [4.78, 5) is 35.0. The highest BCUT2D eigenvalue weighted by Crippen LogP contribution is 2.34. The molecule has 0 atom stereocenters. The highest BCUT2D eigenvalue weighted by atomic mass is 35.5. The van der Waals surface area contributed by atoms with Crippen molar-refractivity contribution >= 4 is 38.9 Å². The Balaban J connectivity index is 1.06. The van der Waals surface area contributed by atoms with Gasteiger partial charge in [0, 0.05) is 75.8 Å². The monoisotopic (exact) mass is 901 g/mol. The van der Waals surface area contributed by atoms with Crippen molar-refractivity contribution < 1.29 is 27.6 Å². The summed E-state index contributed by atoms with van der Waals surface area (Å²) < 4.78 is 42.3. The van der Waals surface area contributed by atoms with Crippen molar-refractivity contribution in [1.29, 1.82) is 0 Å². The number of hydrogen-bond donors (Lipinski definition) is 1. The van der Waals surface area contributed by atoms with E-state index in [1.807, 2.05) is 60.7 Å². The first-order chi connectivity index (χ1) is 31.1. The van der Waals surface area contributed by atoms with Gasteiger partial charge in [0.15, 0.2) is 0 Å². The Morgan fingerprint density at radius 2 is 1.47 bits per heavy atom. The summed E-state index contributed by atoms with van der Waals surface area (Å²) in [6.45, 7) is 5.97. The molecule has 330 valence electrons. The molecule has 0 spiro atoms. The number of rotatable bonds is 16. The Hall–Kier alpha value is -6.20. The van der Waals surface area contributed by atoms with Gasteiger partial charge in [-0.15, -0.1) is 0 Å². The Labute approximate surface area is 377 Å². The van der Waals surface area contributed by atoms with E-state index in [1.54, 1.807) is 42.7 Å². The maximum atomic E-state index is 14.9. The van der Waals surface area contributed by atoms with Crippen LogP contribution in [0.15, 0.2) is 145 Å². The average Bonchev–Trinajstić information content (AvgIpc) is 3.32. The third kappa shape index (κ3) is 10.6. The molecule has 2 saturated heterocycles. The molecule has 6 aromatic rings. The zero-order valence-electron chi connectivity index (χ0n) is 35.1. The van der Waals surface area contributed by atoms with Crippen molar-refractivity contribution in [3.63, 3.8) is 0 Å². The van der Waals surface area contributed by atoms with Gasteiger partial charge in [-0.25, -0.2) is 5.01 Å². The molecule has 1 aromatic heterocycles. The fourth-order valence-corrected chi connectivity index (χ4v) is 9.53. The molecule has 0 unspecified atom stereocenters. The molecule has 0 aliphatic carbocycles. The van der Waals surface area contributed by atoms with Gasteiger partial charge in [0.25, 0.3) is 21.6 Å². The van der Waals surface area contributed by atoms with Crippen LogP contribution in [0.4, 0.5) is 11.4 Å². The van der Waals surface area contributed by atoms with Gasteiger partial charge in [-0.1, -0.05) is 72.3 Å². The fraction of sp³-hybridized carbons (Fsp3) is 0.250. The summed E-state index contributed by atoms with van der Waals surface area (Å²) in [6, 6.07) is 37.0. The molecule has 8 rings (SSSR count). The maximum absolute atomic E-state index is 14.9. The topological polar surface area (TPSA) is 151 Å². The van der Waals surface area contributed by atoms with E-state index < -0.39 is 31.4 Å². The van der Waals surface area contributed by atoms with E-state index in [4.69, 9.17) is 21.1 Å². The zero-order valence-corrected chi connectivity index (χ0v) is 36.7. The zero-order chi connectivity index (χ0) is 44.5. The second-order valence-electron chi connectivity index (χ2n) is 15.5. The molecule has 2 aliphatic heterocycles. The van der Waals surface area contributed by atoms with Crippen molar-refractivity contribution in [1.82, 2.24) is 24.2 Å². The molecular formula is C48H48ClN7O7S. The molecule has 0 bridgehead atoms. The predicted molar refractivity (Wildman–Crippen MR) is 247 cm³/mol. The number of nitro benzene ring substituents is 1. The number of pyridine rings is 1. The average molecular weight is 902 g/mol. The third-order valence-electron chi connectivity index (χ3n) is 11.3. The molecule has 14 nitrogen and oxygen atoms in total. The smallest absolute Gasteiger partial charge is 0.293 e. The molecule has 5 aromatic carbocycles. The number of nitro groups is 1. The first-order valence-electron chi connectivity index (χ1n) is 21.1. The predicted octanol–water partition coefficient (Wildman–Crippen LogP) is 8.47. The van der Waals surface area contributed by atoms with Gasteiger partial charge in [0.2, 0.25) is 0 Å². The number of halogens is 1. The van der Waals surface area contributed by atoms with Crippen molar-refractivity contribution in [2.24, 2.45) is 0 Å². The number of ether oxygens (including phenoxy) is 2. The Kier molecular flexibility index (Phi) is 14.3. The number of hydrazine groups is 1. The minimum absolute atomic E-state index is 0.00309. The van der Waals surface area contributed by atoms with E-state index in [1.165, 1.54) is 23.2 Å². The van der Waals surface area contributed by atoms with Crippen LogP contribution in [0.2, 0.25) is 5.02 Å². The normalized spacial score (nSPS) is 15.1. The molecule has 3 heterocycles. The number of para-hydroxylation sites is 1. The van der Waals surface area contributed by atoms with Crippen molar-refractivity contribution in [3.05, 3.63) is 166 Å². The number of morpholine rings is 1. The van der Waals surface area contributed by atoms with Gasteiger partial charge < -0.3 is 14.8 Å². The number of anilines is 1. The van der Waals surface area contributed by atoms with E-state index in [-0.39, 0.29) is 30.1 Å². The van der Waals surface area contributed by atoms with Crippen LogP contribution in [0.1, 0.15) is 22.3 Å². The van der Waals surface area contributed by atoms with Crippen LogP contribution in [-0.4, -0.2) is 109 Å². The number of sulfonamides is 1. The maximum Gasteiger partial charge on any atom is 0.293 e. The number of piperazine rings is 1. The van der Waals surface area contributed by atoms with Gasteiger partial charge in [0.1, 0.15) is 17.2 Å². The molecule has 1 N–H and O–H groups in total. The summed E-state index contributed by atoms with van der Waals surface area (Å²) in [6.07, 6.45) is 4.14. The molecule has 64 heavy (non-hydrogen) atoms. The summed E-state index contributed by atoms with van der Waals surface area (Å²) in [5, 5.41) is 17.7. The molecule has 0 saturated carbocycles. The van der Waals surface area contributed by atoms with E-state index in [0.29, 0.717) is 56.6 Å². The molecule has 0 radical (unpaired) electrons. The summed E-state index contributed by atoms with van der Waals surface area (Å²) >= 11 is 6.18. The van der Waals surface area contributed by atoms with Crippen molar-refractivity contribution in [3.8, 4) is 33.8 Å². The number of carbonyl (C=O) groups is 1. The van der Waals surface area contributed by atoms with Crippen LogP contribution in [0.5, 0.6) is 11.5 Å². The Morgan fingerprint density at radius 1 is 0.797 bits per heavy atom. The number of nitrogens with one attached hydrogen (secondary N) is 1. The van der Waals surface area contributed by atoms with E-state index in [0.717, 1.165) is 57.9 Å². The standard InChI is InChI=1S/C48H48ClN7O7S/c49-40-14-10-38(11-15-40)43-7-2-1-6-39(43)35-53-26-28-54(29-27-53)55(48(57)44-8-3-4-9-47(44)63-41-16-12-36(13-17-41)37-20-23-50-24-21-37)64(60,61)42-18-19-45(46(34-42)56(58)59)51-22-5-25-52-30-32-62-33-31-52/h1-4,6-21,23-24,34,51H,5,22,25-33,35H2.